The van der Waals surface area contributed by atoms with Crippen LogP contribution in [-0.2, 0) is 16.4 Å². The molecule has 2 heterocycles. The molecule has 0 spiro atoms. The van der Waals surface area contributed by atoms with E-state index in [1.807, 2.05) is 18.4 Å². The van der Waals surface area contributed by atoms with E-state index in [2.05, 4.69) is 0 Å². The zero-order chi connectivity index (χ0) is 11.8. The third-order valence-corrected chi connectivity index (χ3v) is 5.92. The van der Waals surface area contributed by atoms with E-state index in [9.17, 15) is 8.42 Å². The fourth-order valence-corrected chi connectivity index (χ4v) is 4.59. The Morgan fingerprint density at radius 1 is 1.62 bits per heavy atom. The Hall–Kier alpha value is -0.430. The maximum atomic E-state index is 12.0. The van der Waals surface area contributed by atoms with E-state index in [-0.39, 0.29) is 18.3 Å². The summed E-state index contributed by atoms with van der Waals surface area (Å²) < 4.78 is 25.5. The number of hydrogen-bond donors (Lipinski definition) is 1. The minimum Gasteiger partial charge on any atom is -0.329 e. The van der Waals surface area contributed by atoms with Crippen molar-refractivity contribution < 1.29 is 8.42 Å². The summed E-state index contributed by atoms with van der Waals surface area (Å²) in [7, 11) is -3.19. The molecule has 0 fully saturated rings. The van der Waals surface area contributed by atoms with Gasteiger partial charge in [0.15, 0.2) is 0 Å². The van der Waals surface area contributed by atoms with Crippen LogP contribution in [0.2, 0.25) is 0 Å². The largest absolute Gasteiger partial charge is 0.329 e. The second-order valence-corrected chi connectivity index (χ2v) is 6.98. The number of nitrogens with two attached hydrogens (primary N) is 1. The molecular weight excluding hydrogens is 244 g/mol. The Labute approximate surface area is 100 Å². The molecular formula is C10H16N2O2S2. The molecule has 1 aliphatic rings. The molecule has 0 aliphatic carbocycles. The molecule has 1 atom stereocenters. The van der Waals surface area contributed by atoms with Crippen LogP contribution in [0.1, 0.15) is 23.4 Å². The standard InChI is InChI=1S/C10H16N2O2S2/c1-8-9-3-6-15-10(9)2-5-12(8)16(13,14)7-4-11/h3,6,8H,2,4-5,7,11H2,1H3. The predicted octanol–water partition coefficient (Wildman–Crippen LogP) is 0.956. The van der Waals surface area contributed by atoms with Crippen LogP contribution in [0.25, 0.3) is 0 Å². The van der Waals surface area contributed by atoms with E-state index in [4.69, 9.17) is 5.73 Å². The van der Waals surface area contributed by atoms with Gasteiger partial charge in [-0.2, -0.15) is 4.31 Å². The Bertz CT molecular complexity index is 467. The number of sulfonamides is 1. The van der Waals surface area contributed by atoms with Gasteiger partial charge < -0.3 is 5.73 Å². The summed E-state index contributed by atoms with van der Waals surface area (Å²) in [5.74, 6) is 0.0385. The Balaban J connectivity index is 2.28. The number of nitrogens with zero attached hydrogens (tertiary/aromatic N) is 1. The highest BCUT2D eigenvalue weighted by Crippen LogP contribution is 2.34. The van der Waals surface area contributed by atoms with Gasteiger partial charge in [-0.3, -0.25) is 0 Å². The molecule has 0 bridgehead atoms. The lowest BCUT2D eigenvalue weighted by molar-refractivity contribution is 0.329. The quantitative estimate of drug-likeness (QED) is 0.880. The second kappa shape index (κ2) is 4.44. The van der Waals surface area contributed by atoms with Crippen LogP contribution >= 0.6 is 11.3 Å². The smallest absolute Gasteiger partial charge is 0.215 e. The first-order chi connectivity index (χ1) is 7.56. The van der Waals surface area contributed by atoms with Crippen molar-refractivity contribution in [3.8, 4) is 0 Å². The van der Waals surface area contributed by atoms with Crippen molar-refractivity contribution in [2.24, 2.45) is 5.73 Å². The summed E-state index contributed by atoms with van der Waals surface area (Å²) in [5.41, 5.74) is 6.49. The fourth-order valence-electron chi connectivity index (χ4n) is 2.13. The maximum absolute atomic E-state index is 12.0. The van der Waals surface area contributed by atoms with Gasteiger partial charge in [-0.15, -0.1) is 11.3 Å². The molecule has 0 aromatic carbocycles. The minimum atomic E-state index is -3.19. The number of fused-ring (bicyclic) bond motifs is 1. The van der Waals surface area contributed by atoms with Gasteiger partial charge in [-0.1, -0.05) is 0 Å². The Morgan fingerprint density at radius 3 is 3.06 bits per heavy atom. The van der Waals surface area contributed by atoms with Crippen LogP contribution in [0, 0.1) is 0 Å². The first kappa shape index (κ1) is 12.0. The predicted molar refractivity (Wildman–Crippen MR) is 66.0 cm³/mol. The van der Waals surface area contributed by atoms with Crippen molar-refractivity contribution in [1.82, 2.24) is 4.31 Å². The molecule has 0 amide bonds. The summed E-state index contributed by atoms with van der Waals surface area (Å²) in [6.07, 6.45) is 0.821. The van der Waals surface area contributed by atoms with Gasteiger partial charge in [0.1, 0.15) is 0 Å². The van der Waals surface area contributed by atoms with E-state index in [1.54, 1.807) is 15.6 Å². The number of rotatable bonds is 3. The molecule has 2 rings (SSSR count). The van der Waals surface area contributed by atoms with Crippen LogP contribution in [0.3, 0.4) is 0 Å². The zero-order valence-electron chi connectivity index (χ0n) is 9.22. The van der Waals surface area contributed by atoms with Gasteiger partial charge in [0.25, 0.3) is 0 Å². The summed E-state index contributed by atoms with van der Waals surface area (Å²) in [6.45, 7) is 2.71. The molecule has 1 aliphatic heterocycles. The monoisotopic (exact) mass is 260 g/mol. The average molecular weight is 260 g/mol. The number of thiophene rings is 1. The third kappa shape index (κ3) is 2.02. The average Bonchev–Trinajstić information content (AvgIpc) is 2.66. The molecule has 0 saturated heterocycles. The minimum absolute atomic E-state index is 0.0385. The molecule has 16 heavy (non-hydrogen) atoms. The van der Waals surface area contributed by atoms with Crippen LogP contribution in [0.5, 0.6) is 0 Å². The van der Waals surface area contributed by atoms with Crippen molar-refractivity contribution in [1.29, 1.82) is 0 Å². The van der Waals surface area contributed by atoms with Crippen LogP contribution in [0.4, 0.5) is 0 Å². The van der Waals surface area contributed by atoms with Crippen LogP contribution in [0.15, 0.2) is 11.4 Å². The van der Waals surface area contributed by atoms with Crippen molar-refractivity contribution in [3.63, 3.8) is 0 Å². The molecule has 1 aromatic heterocycles. The molecule has 2 N–H and O–H groups in total. The lowest BCUT2D eigenvalue weighted by atomic mass is 10.0. The highest BCUT2D eigenvalue weighted by atomic mass is 32.2. The van der Waals surface area contributed by atoms with Gasteiger partial charge in [-0.05, 0) is 30.4 Å². The van der Waals surface area contributed by atoms with Gasteiger partial charge in [-0.25, -0.2) is 8.42 Å². The van der Waals surface area contributed by atoms with E-state index in [0.717, 1.165) is 12.0 Å². The van der Waals surface area contributed by atoms with E-state index >= 15 is 0 Å². The van der Waals surface area contributed by atoms with E-state index < -0.39 is 10.0 Å². The molecule has 90 valence electrons. The SMILES string of the molecule is CC1c2ccsc2CCN1S(=O)(=O)CCN. The van der Waals surface area contributed by atoms with E-state index in [0.29, 0.717) is 6.54 Å². The fraction of sp³-hybridized carbons (Fsp3) is 0.600. The Morgan fingerprint density at radius 2 is 2.38 bits per heavy atom. The highest BCUT2D eigenvalue weighted by molar-refractivity contribution is 7.89. The number of hydrogen-bond acceptors (Lipinski definition) is 4. The molecule has 4 nitrogen and oxygen atoms in total. The third-order valence-electron chi connectivity index (χ3n) is 2.95. The van der Waals surface area contributed by atoms with Crippen LogP contribution in [-0.4, -0.2) is 31.6 Å². The van der Waals surface area contributed by atoms with Gasteiger partial charge in [0.05, 0.1) is 5.75 Å². The first-order valence-corrected chi connectivity index (χ1v) is 7.81. The van der Waals surface area contributed by atoms with Crippen molar-refractivity contribution in [3.05, 3.63) is 21.9 Å². The normalized spacial score (nSPS) is 22.0. The highest BCUT2D eigenvalue weighted by Gasteiger charge is 2.32. The second-order valence-electron chi connectivity index (χ2n) is 3.94. The van der Waals surface area contributed by atoms with Crippen LogP contribution < -0.4 is 5.73 Å². The van der Waals surface area contributed by atoms with Gasteiger partial charge in [0, 0.05) is 24.0 Å². The maximum Gasteiger partial charge on any atom is 0.215 e. The Kier molecular flexibility index (Phi) is 3.34. The zero-order valence-corrected chi connectivity index (χ0v) is 10.9. The first-order valence-electron chi connectivity index (χ1n) is 5.32. The summed E-state index contributed by atoms with van der Waals surface area (Å²) >= 11 is 1.71. The van der Waals surface area contributed by atoms with Crippen molar-refractivity contribution >= 4 is 21.4 Å². The summed E-state index contributed by atoms with van der Waals surface area (Å²) in [4.78, 5) is 1.31. The lowest BCUT2D eigenvalue weighted by Crippen LogP contribution is -2.40. The summed E-state index contributed by atoms with van der Waals surface area (Å²) in [5, 5.41) is 2.03. The van der Waals surface area contributed by atoms with Crippen molar-refractivity contribution in [2.75, 3.05) is 18.8 Å². The van der Waals surface area contributed by atoms with Gasteiger partial charge >= 0.3 is 0 Å². The topological polar surface area (TPSA) is 63.4 Å². The summed E-state index contributed by atoms with van der Waals surface area (Å²) in [6, 6.07) is 1.97. The molecule has 1 aromatic rings. The molecule has 1 unspecified atom stereocenters. The lowest BCUT2D eigenvalue weighted by Gasteiger charge is -2.32. The molecule has 0 radical (unpaired) electrons. The van der Waals surface area contributed by atoms with Gasteiger partial charge in [0.2, 0.25) is 10.0 Å². The molecule has 6 heteroatoms. The van der Waals surface area contributed by atoms with Crippen molar-refractivity contribution in [2.45, 2.75) is 19.4 Å². The van der Waals surface area contributed by atoms with E-state index in [1.165, 1.54) is 4.88 Å². The molecule has 0 saturated carbocycles.